The Balaban J connectivity index is 1.95. The van der Waals surface area contributed by atoms with Crippen LogP contribution in [-0.2, 0) is 16.0 Å². The molecule has 1 heterocycles. The van der Waals surface area contributed by atoms with Crippen molar-refractivity contribution in [2.45, 2.75) is 32.1 Å². The van der Waals surface area contributed by atoms with Crippen molar-refractivity contribution in [3.05, 3.63) is 21.3 Å². The molecule has 0 saturated carbocycles. The fourth-order valence-corrected chi connectivity index (χ4v) is 2.34. The highest BCUT2D eigenvalue weighted by Gasteiger charge is 1.97. The summed E-state index contributed by atoms with van der Waals surface area (Å²) in [4.78, 5) is 9.85. The van der Waals surface area contributed by atoms with Gasteiger partial charge in [0.25, 0.3) is 6.47 Å². The van der Waals surface area contributed by atoms with Gasteiger partial charge in [0.15, 0.2) is 0 Å². The first-order chi connectivity index (χ1) is 7.33. The number of rotatable bonds is 8. The minimum absolute atomic E-state index is 0.507. The summed E-state index contributed by atoms with van der Waals surface area (Å²) < 4.78 is 5.47. The van der Waals surface area contributed by atoms with E-state index in [4.69, 9.17) is 11.6 Å². The first-order valence-electron chi connectivity index (χ1n) is 5.11. The Labute approximate surface area is 99.2 Å². The van der Waals surface area contributed by atoms with E-state index in [0.29, 0.717) is 13.1 Å². The molecule has 0 N–H and O–H groups in total. The van der Waals surface area contributed by atoms with Crippen molar-refractivity contribution in [2.24, 2.45) is 0 Å². The quantitative estimate of drug-likeness (QED) is 0.517. The highest BCUT2D eigenvalue weighted by atomic mass is 35.5. The van der Waals surface area contributed by atoms with Crippen LogP contribution in [0.1, 0.15) is 31.2 Å². The van der Waals surface area contributed by atoms with Crippen molar-refractivity contribution in [2.75, 3.05) is 6.61 Å². The number of carbonyl (C=O) groups excluding carboxylic acids is 1. The van der Waals surface area contributed by atoms with Crippen LogP contribution in [-0.4, -0.2) is 13.1 Å². The molecule has 0 atom stereocenters. The van der Waals surface area contributed by atoms with Crippen LogP contribution in [0.3, 0.4) is 0 Å². The second-order valence-corrected chi connectivity index (χ2v) is 4.93. The van der Waals surface area contributed by atoms with Crippen molar-refractivity contribution >= 4 is 29.4 Å². The van der Waals surface area contributed by atoms with Gasteiger partial charge in [-0.3, -0.25) is 4.79 Å². The predicted octanol–water partition coefficient (Wildman–Crippen LogP) is 3.68. The van der Waals surface area contributed by atoms with Crippen LogP contribution >= 0.6 is 22.9 Å². The maximum Gasteiger partial charge on any atom is 0.293 e. The van der Waals surface area contributed by atoms with Crippen LogP contribution in [0, 0.1) is 0 Å². The highest BCUT2D eigenvalue weighted by molar-refractivity contribution is 7.14. The number of ether oxygens (including phenoxy) is 1. The number of hydrogen-bond donors (Lipinski definition) is 0. The molecule has 2 nitrogen and oxygen atoms in total. The molecule has 0 aliphatic heterocycles. The van der Waals surface area contributed by atoms with Crippen LogP contribution in [0.2, 0.25) is 4.34 Å². The molecule has 0 fully saturated rings. The zero-order valence-electron chi connectivity index (χ0n) is 8.58. The molecule has 0 unspecified atom stereocenters. The molecule has 0 radical (unpaired) electrons. The summed E-state index contributed by atoms with van der Waals surface area (Å²) in [5.41, 5.74) is 1.33. The van der Waals surface area contributed by atoms with Crippen molar-refractivity contribution in [3.63, 3.8) is 0 Å². The Morgan fingerprint density at radius 1 is 1.33 bits per heavy atom. The number of aryl methyl sites for hydroxylation is 1. The van der Waals surface area contributed by atoms with Gasteiger partial charge in [-0.25, -0.2) is 0 Å². The van der Waals surface area contributed by atoms with Gasteiger partial charge in [-0.1, -0.05) is 24.4 Å². The second kappa shape index (κ2) is 7.71. The summed E-state index contributed by atoms with van der Waals surface area (Å²) in [6.07, 6.45) is 5.52. The Hall–Kier alpha value is -0.540. The van der Waals surface area contributed by atoms with E-state index in [1.807, 2.05) is 6.07 Å². The highest BCUT2D eigenvalue weighted by Crippen LogP contribution is 2.21. The first kappa shape index (κ1) is 12.5. The molecule has 0 bridgehead atoms. The molecule has 0 aromatic carbocycles. The minimum Gasteiger partial charge on any atom is -0.468 e. The van der Waals surface area contributed by atoms with Gasteiger partial charge in [-0.2, -0.15) is 0 Å². The normalized spacial score (nSPS) is 10.2. The number of unbranched alkanes of at least 4 members (excludes halogenated alkanes) is 3. The first-order valence-corrected chi connectivity index (χ1v) is 6.37. The van der Waals surface area contributed by atoms with E-state index in [9.17, 15) is 4.79 Å². The van der Waals surface area contributed by atoms with E-state index in [0.717, 1.165) is 23.6 Å². The monoisotopic (exact) mass is 246 g/mol. The third kappa shape index (κ3) is 5.80. The maximum atomic E-state index is 9.85. The fourth-order valence-electron chi connectivity index (χ4n) is 1.39. The molecular weight excluding hydrogens is 232 g/mol. The molecular formula is C11H15ClO2S. The van der Waals surface area contributed by atoms with Crippen LogP contribution in [0.4, 0.5) is 0 Å². The average Bonchev–Trinajstić information content (AvgIpc) is 2.63. The summed E-state index contributed by atoms with van der Waals surface area (Å²) in [5.74, 6) is 0. The molecule has 15 heavy (non-hydrogen) atoms. The van der Waals surface area contributed by atoms with E-state index in [-0.39, 0.29) is 0 Å². The lowest BCUT2D eigenvalue weighted by atomic mass is 10.1. The topological polar surface area (TPSA) is 26.3 Å². The zero-order valence-corrected chi connectivity index (χ0v) is 10.1. The second-order valence-electron chi connectivity index (χ2n) is 3.39. The van der Waals surface area contributed by atoms with Crippen LogP contribution < -0.4 is 0 Å². The van der Waals surface area contributed by atoms with E-state index >= 15 is 0 Å². The Morgan fingerprint density at radius 3 is 2.80 bits per heavy atom. The molecule has 0 aliphatic rings. The molecule has 1 aromatic rings. The molecule has 0 amide bonds. The van der Waals surface area contributed by atoms with Crippen LogP contribution in [0.25, 0.3) is 0 Å². The summed E-state index contributed by atoms with van der Waals surface area (Å²) >= 11 is 7.41. The van der Waals surface area contributed by atoms with Gasteiger partial charge in [-0.05, 0) is 36.3 Å². The molecule has 84 valence electrons. The van der Waals surface area contributed by atoms with Crippen LogP contribution in [0.15, 0.2) is 11.4 Å². The van der Waals surface area contributed by atoms with E-state index in [2.05, 4.69) is 10.1 Å². The number of hydrogen-bond acceptors (Lipinski definition) is 3. The van der Waals surface area contributed by atoms with E-state index < -0.39 is 0 Å². The van der Waals surface area contributed by atoms with E-state index in [1.54, 1.807) is 11.3 Å². The summed E-state index contributed by atoms with van der Waals surface area (Å²) in [6.45, 7) is 1.06. The van der Waals surface area contributed by atoms with Gasteiger partial charge in [-0.15, -0.1) is 11.3 Å². The minimum atomic E-state index is 0.507. The van der Waals surface area contributed by atoms with Crippen molar-refractivity contribution in [3.8, 4) is 0 Å². The van der Waals surface area contributed by atoms with Gasteiger partial charge in [0.1, 0.15) is 0 Å². The van der Waals surface area contributed by atoms with Gasteiger partial charge in [0.2, 0.25) is 0 Å². The lowest BCUT2D eigenvalue weighted by molar-refractivity contribution is -0.128. The maximum absolute atomic E-state index is 9.85. The molecule has 4 heteroatoms. The summed E-state index contributed by atoms with van der Waals surface area (Å²) in [5, 5.41) is 2.11. The molecule has 1 aromatic heterocycles. The standard InChI is InChI=1S/C11H15ClO2S/c12-11-7-10(8-15-11)5-3-1-2-4-6-14-9-13/h7-9H,1-6H2. The molecule has 0 saturated heterocycles. The van der Waals surface area contributed by atoms with Gasteiger partial charge in [0, 0.05) is 0 Å². The van der Waals surface area contributed by atoms with Crippen LogP contribution in [0.5, 0.6) is 0 Å². The lowest BCUT2D eigenvalue weighted by Gasteiger charge is -1.99. The molecule has 0 aliphatic carbocycles. The zero-order chi connectivity index (χ0) is 10.9. The Morgan fingerprint density at radius 2 is 2.13 bits per heavy atom. The average molecular weight is 247 g/mol. The third-order valence-electron chi connectivity index (χ3n) is 2.17. The smallest absolute Gasteiger partial charge is 0.293 e. The van der Waals surface area contributed by atoms with Gasteiger partial charge in [0.05, 0.1) is 10.9 Å². The number of carbonyl (C=O) groups is 1. The SMILES string of the molecule is O=COCCCCCCc1csc(Cl)c1. The largest absolute Gasteiger partial charge is 0.468 e. The fraction of sp³-hybridized carbons (Fsp3) is 0.545. The Bertz CT molecular complexity index is 286. The summed E-state index contributed by atoms with van der Waals surface area (Å²) in [7, 11) is 0. The molecule has 1 rings (SSSR count). The predicted molar refractivity (Wildman–Crippen MR) is 63.5 cm³/mol. The number of thiophene rings is 1. The van der Waals surface area contributed by atoms with Gasteiger partial charge >= 0.3 is 0 Å². The van der Waals surface area contributed by atoms with Crippen molar-refractivity contribution < 1.29 is 9.53 Å². The number of halogens is 1. The summed E-state index contributed by atoms with van der Waals surface area (Å²) in [6, 6.07) is 2.03. The Kier molecular flexibility index (Phi) is 6.44. The molecule has 0 spiro atoms. The van der Waals surface area contributed by atoms with Gasteiger partial charge < -0.3 is 4.74 Å². The van der Waals surface area contributed by atoms with Crippen molar-refractivity contribution in [1.82, 2.24) is 0 Å². The van der Waals surface area contributed by atoms with Crippen molar-refractivity contribution in [1.29, 1.82) is 0 Å². The third-order valence-corrected chi connectivity index (χ3v) is 3.31. The lowest BCUT2D eigenvalue weighted by Crippen LogP contribution is -1.91. The van der Waals surface area contributed by atoms with E-state index in [1.165, 1.54) is 18.4 Å².